The Morgan fingerprint density at radius 3 is 2.48 bits per heavy atom. The molecule has 1 fully saturated rings. The van der Waals surface area contributed by atoms with Gasteiger partial charge >= 0.3 is 5.97 Å². The highest BCUT2D eigenvalue weighted by molar-refractivity contribution is 6.31. The molecule has 2 heterocycles. The molecule has 27 heavy (non-hydrogen) atoms. The largest absolute Gasteiger partial charge is 0.481 e. The van der Waals surface area contributed by atoms with Gasteiger partial charge in [-0.05, 0) is 60.4 Å². The Bertz CT molecular complexity index is 1020. The molecule has 0 spiro atoms. The zero-order valence-electron chi connectivity index (χ0n) is 14.5. The van der Waals surface area contributed by atoms with Crippen LogP contribution in [0, 0.1) is 11.7 Å². The Kier molecular flexibility index (Phi) is 4.70. The highest BCUT2D eigenvalue weighted by atomic mass is 35.5. The zero-order chi connectivity index (χ0) is 19.0. The summed E-state index contributed by atoms with van der Waals surface area (Å²) in [5.74, 6) is -0.538. The molecule has 0 amide bonds. The van der Waals surface area contributed by atoms with Crippen molar-refractivity contribution in [3.05, 3.63) is 59.4 Å². The molecule has 4 nitrogen and oxygen atoms in total. The fourth-order valence-corrected chi connectivity index (χ4v) is 3.68. The Morgan fingerprint density at radius 2 is 1.78 bits per heavy atom. The summed E-state index contributed by atoms with van der Waals surface area (Å²) < 4.78 is 13.4. The van der Waals surface area contributed by atoms with Crippen LogP contribution in [0.15, 0.2) is 48.5 Å². The van der Waals surface area contributed by atoms with Gasteiger partial charge in [0, 0.05) is 18.5 Å². The summed E-state index contributed by atoms with van der Waals surface area (Å²) >= 11 is 5.89. The number of carboxylic acids is 1. The van der Waals surface area contributed by atoms with Gasteiger partial charge in [-0.1, -0.05) is 23.7 Å². The Balaban J connectivity index is 1.59. The molecular weight excluding hydrogens is 367 g/mol. The van der Waals surface area contributed by atoms with E-state index in [2.05, 4.69) is 4.90 Å². The number of fused-ring (bicyclic) bond motifs is 1. The molecule has 0 bridgehead atoms. The van der Waals surface area contributed by atoms with E-state index < -0.39 is 11.8 Å². The summed E-state index contributed by atoms with van der Waals surface area (Å²) in [6.45, 7) is 1.39. The number of aromatic nitrogens is 1. The number of halogens is 2. The van der Waals surface area contributed by atoms with Crippen LogP contribution in [-0.4, -0.2) is 29.1 Å². The maximum absolute atomic E-state index is 13.4. The summed E-state index contributed by atoms with van der Waals surface area (Å²) in [7, 11) is 0. The number of benzene rings is 2. The van der Waals surface area contributed by atoms with Crippen LogP contribution in [0.4, 0.5) is 10.2 Å². The zero-order valence-corrected chi connectivity index (χ0v) is 15.3. The molecule has 1 aliphatic rings. The molecule has 1 saturated heterocycles. The first kappa shape index (κ1) is 17.7. The predicted molar refractivity (Wildman–Crippen MR) is 105 cm³/mol. The van der Waals surface area contributed by atoms with E-state index >= 15 is 0 Å². The van der Waals surface area contributed by atoms with Gasteiger partial charge in [-0.2, -0.15) is 0 Å². The lowest BCUT2D eigenvalue weighted by atomic mass is 9.97. The van der Waals surface area contributed by atoms with E-state index in [1.54, 1.807) is 12.1 Å². The summed E-state index contributed by atoms with van der Waals surface area (Å²) in [5, 5.41) is 10.2. The lowest BCUT2D eigenvalue weighted by Gasteiger charge is -2.31. The maximum atomic E-state index is 13.4. The number of nitrogens with zero attached hydrogens (tertiary/aromatic N) is 2. The van der Waals surface area contributed by atoms with Crippen molar-refractivity contribution in [2.24, 2.45) is 5.92 Å². The number of carbonyl (C=O) groups is 1. The van der Waals surface area contributed by atoms with Gasteiger partial charge in [0.15, 0.2) is 0 Å². The quantitative estimate of drug-likeness (QED) is 0.690. The number of hydrogen-bond acceptors (Lipinski definition) is 3. The first-order chi connectivity index (χ1) is 13.0. The maximum Gasteiger partial charge on any atom is 0.306 e. The van der Waals surface area contributed by atoms with Crippen molar-refractivity contribution in [2.45, 2.75) is 12.8 Å². The minimum absolute atomic E-state index is 0.103. The van der Waals surface area contributed by atoms with Crippen LogP contribution >= 0.6 is 11.6 Å². The molecule has 1 aliphatic heterocycles. The third kappa shape index (κ3) is 3.60. The van der Waals surface area contributed by atoms with Crippen LogP contribution in [0.1, 0.15) is 12.8 Å². The molecule has 138 valence electrons. The van der Waals surface area contributed by atoms with Crippen molar-refractivity contribution in [3.63, 3.8) is 0 Å². The fourth-order valence-electron chi connectivity index (χ4n) is 3.50. The monoisotopic (exact) mass is 384 g/mol. The summed E-state index contributed by atoms with van der Waals surface area (Å²) in [6.07, 6.45) is 1.28. The fraction of sp³-hybridized carbons (Fsp3) is 0.238. The molecule has 1 N–H and O–H groups in total. The molecule has 0 radical (unpaired) electrons. The van der Waals surface area contributed by atoms with Crippen molar-refractivity contribution in [2.75, 3.05) is 18.0 Å². The third-order valence-corrected chi connectivity index (χ3v) is 5.39. The van der Waals surface area contributed by atoms with E-state index in [1.807, 2.05) is 30.3 Å². The molecule has 0 saturated carbocycles. The number of anilines is 1. The summed E-state index contributed by atoms with van der Waals surface area (Å²) in [5.41, 5.74) is 2.66. The van der Waals surface area contributed by atoms with Gasteiger partial charge < -0.3 is 10.0 Å². The smallest absolute Gasteiger partial charge is 0.306 e. The minimum Gasteiger partial charge on any atom is -0.481 e. The minimum atomic E-state index is -0.713. The summed E-state index contributed by atoms with van der Waals surface area (Å²) in [4.78, 5) is 18.0. The highest BCUT2D eigenvalue weighted by Crippen LogP contribution is 2.29. The third-order valence-electron chi connectivity index (χ3n) is 5.10. The molecule has 0 unspecified atom stereocenters. The number of carboxylic acid groups (broad SMARTS) is 1. The van der Waals surface area contributed by atoms with Gasteiger partial charge in [-0.3, -0.25) is 4.79 Å². The van der Waals surface area contributed by atoms with Crippen LogP contribution < -0.4 is 4.90 Å². The van der Waals surface area contributed by atoms with E-state index in [-0.39, 0.29) is 10.9 Å². The van der Waals surface area contributed by atoms with Crippen molar-refractivity contribution in [1.29, 1.82) is 0 Å². The molecule has 4 rings (SSSR count). The van der Waals surface area contributed by atoms with Gasteiger partial charge in [0.25, 0.3) is 0 Å². The molecule has 3 aromatic rings. The molecule has 0 aliphatic carbocycles. The normalized spacial score (nSPS) is 15.3. The van der Waals surface area contributed by atoms with Gasteiger partial charge in [0.05, 0.1) is 16.5 Å². The van der Waals surface area contributed by atoms with Crippen LogP contribution in [0.2, 0.25) is 5.02 Å². The number of aliphatic carboxylic acids is 1. The first-order valence-corrected chi connectivity index (χ1v) is 9.23. The Hall–Kier alpha value is -2.66. The van der Waals surface area contributed by atoms with Crippen LogP contribution in [0.25, 0.3) is 22.0 Å². The average Bonchev–Trinajstić information content (AvgIpc) is 2.69. The molecular formula is C21H18ClFN2O2. The first-order valence-electron chi connectivity index (χ1n) is 8.85. The van der Waals surface area contributed by atoms with E-state index in [0.717, 1.165) is 27.8 Å². The van der Waals surface area contributed by atoms with E-state index in [0.29, 0.717) is 25.9 Å². The SMILES string of the molecule is O=C(O)C1CCN(c2ccc3cc(-c4ccc(F)c(Cl)c4)ccc3n2)CC1. The average molecular weight is 385 g/mol. The van der Waals surface area contributed by atoms with E-state index in [1.165, 1.54) is 6.07 Å². The van der Waals surface area contributed by atoms with Crippen LogP contribution in [0.5, 0.6) is 0 Å². The van der Waals surface area contributed by atoms with Crippen LogP contribution in [-0.2, 0) is 4.79 Å². The second-order valence-corrected chi connectivity index (χ2v) is 7.21. The Labute approximate surface area is 161 Å². The van der Waals surface area contributed by atoms with Crippen molar-refractivity contribution < 1.29 is 14.3 Å². The van der Waals surface area contributed by atoms with Crippen molar-refractivity contribution >= 4 is 34.3 Å². The predicted octanol–water partition coefficient (Wildman–Crippen LogP) is 5.00. The lowest BCUT2D eigenvalue weighted by molar-refractivity contribution is -0.142. The standard InChI is InChI=1S/C21H18ClFN2O2/c22-17-12-15(1-4-18(17)23)14-2-5-19-16(11-14)3-6-20(24-19)25-9-7-13(8-10-25)21(26)27/h1-6,11-13H,7-10H2,(H,26,27). The molecule has 1 aromatic heterocycles. The van der Waals surface area contributed by atoms with Gasteiger partial charge in [0.1, 0.15) is 11.6 Å². The lowest BCUT2D eigenvalue weighted by Crippen LogP contribution is -2.36. The number of rotatable bonds is 3. The summed E-state index contributed by atoms with van der Waals surface area (Å²) in [6, 6.07) is 14.6. The van der Waals surface area contributed by atoms with Crippen LogP contribution in [0.3, 0.4) is 0 Å². The second kappa shape index (κ2) is 7.16. The van der Waals surface area contributed by atoms with Crippen molar-refractivity contribution in [3.8, 4) is 11.1 Å². The number of hydrogen-bond donors (Lipinski definition) is 1. The van der Waals surface area contributed by atoms with E-state index in [9.17, 15) is 9.18 Å². The van der Waals surface area contributed by atoms with Gasteiger partial charge in [-0.15, -0.1) is 0 Å². The Morgan fingerprint density at radius 1 is 1.07 bits per heavy atom. The molecule has 2 aromatic carbocycles. The van der Waals surface area contributed by atoms with Crippen molar-refractivity contribution in [1.82, 2.24) is 4.98 Å². The highest BCUT2D eigenvalue weighted by Gasteiger charge is 2.25. The molecule has 6 heteroatoms. The number of piperidine rings is 1. The molecule has 0 atom stereocenters. The van der Waals surface area contributed by atoms with Gasteiger partial charge in [0.2, 0.25) is 0 Å². The van der Waals surface area contributed by atoms with Gasteiger partial charge in [-0.25, -0.2) is 9.37 Å². The second-order valence-electron chi connectivity index (χ2n) is 6.81. The number of pyridine rings is 1. The topological polar surface area (TPSA) is 53.4 Å². The van der Waals surface area contributed by atoms with E-state index in [4.69, 9.17) is 21.7 Å².